The molecule has 6 heteroatoms. The van der Waals surface area contributed by atoms with Crippen LogP contribution in [-0.4, -0.2) is 26.3 Å². The number of aromatic nitrogens is 4. The summed E-state index contributed by atoms with van der Waals surface area (Å²) in [5, 5.41) is 9.05. The zero-order valence-electron chi connectivity index (χ0n) is 14.1. The fraction of sp³-hybridized carbons (Fsp3) is 0.471. The van der Waals surface area contributed by atoms with Gasteiger partial charge < -0.3 is 5.32 Å². The molecule has 0 saturated carbocycles. The van der Waals surface area contributed by atoms with Gasteiger partial charge in [0.15, 0.2) is 0 Å². The Kier molecular flexibility index (Phi) is 4.73. The van der Waals surface area contributed by atoms with Crippen LogP contribution in [-0.2, 0) is 13.1 Å². The first-order chi connectivity index (χ1) is 11.0. The Balaban J connectivity index is 1.63. The van der Waals surface area contributed by atoms with Gasteiger partial charge in [0.2, 0.25) is 0 Å². The number of hydrogen-bond acceptors (Lipinski definition) is 5. The van der Waals surface area contributed by atoms with Crippen molar-refractivity contribution in [1.29, 1.82) is 0 Å². The predicted molar refractivity (Wildman–Crippen MR) is 94.7 cm³/mol. The summed E-state index contributed by atoms with van der Waals surface area (Å²) in [5.74, 6) is 1.39. The number of fused-ring (bicyclic) bond motifs is 1. The van der Waals surface area contributed by atoms with Gasteiger partial charge in [0.1, 0.15) is 10.7 Å². The van der Waals surface area contributed by atoms with Crippen LogP contribution in [0.2, 0.25) is 0 Å². The van der Waals surface area contributed by atoms with Crippen LogP contribution >= 0.6 is 11.3 Å². The zero-order valence-corrected chi connectivity index (χ0v) is 14.9. The molecule has 3 heterocycles. The lowest BCUT2D eigenvalue weighted by Gasteiger charge is -2.12. The van der Waals surface area contributed by atoms with Gasteiger partial charge in [-0.2, -0.15) is 5.10 Å². The van der Waals surface area contributed by atoms with Crippen LogP contribution < -0.4 is 5.32 Å². The molecule has 3 rings (SSSR count). The van der Waals surface area contributed by atoms with E-state index in [1.54, 1.807) is 11.3 Å². The van der Waals surface area contributed by atoms with Crippen LogP contribution in [0.25, 0.3) is 10.2 Å². The summed E-state index contributed by atoms with van der Waals surface area (Å²) in [6.45, 7) is 11.2. The maximum atomic E-state index is 4.58. The average molecular weight is 329 g/mol. The minimum atomic E-state index is 0.536. The molecule has 0 aromatic carbocycles. The predicted octanol–water partition coefficient (Wildman–Crippen LogP) is 3.24. The largest absolute Gasteiger partial charge is 0.312 e. The van der Waals surface area contributed by atoms with E-state index in [0.29, 0.717) is 5.92 Å². The summed E-state index contributed by atoms with van der Waals surface area (Å²) in [5.41, 5.74) is 2.40. The third-order valence-electron chi connectivity index (χ3n) is 4.02. The summed E-state index contributed by atoms with van der Waals surface area (Å²) in [7, 11) is 0. The van der Waals surface area contributed by atoms with Gasteiger partial charge >= 0.3 is 0 Å². The van der Waals surface area contributed by atoms with Gasteiger partial charge in [0.05, 0.1) is 0 Å². The minimum absolute atomic E-state index is 0.536. The van der Waals surface area contributed by atoms with Crippen LogP contribution in [0.15, 0.2) is 18.5 Å². The smallest absolute Gasteiger partial charge is 0.127 e. The fourth-order valence-electron chi connectivity index (χ4n) is 2.91. The molecule has 1 N–H and O–H groups in total. The molecule has 0 aliphatic heterocycles. The van der Waals surface area contributed by atoms with Crippen molar-refractivity contribution in [2.24, 2.45) is 5.92 Å². The second kappa shape index (κ2) is 6.76. The van der Waals surface area contributed by atoms with Crippen molar-refractivity contribution in [3.05, 3.63) is 40.4 Å². The summed E-state index contributed by atoms with van der Waals surface area (Å²) in [6, 6.07) is 1.96. The zero-order chi connectivity index (χ0) is 16.4. The van der Waals surface area contributed by atoms with Crippen molar-refractivity contribution in [2.45, 2.75) is 40.8 Å². The van der Waals surface area contributed by atoms with E-state index in [1.807, 2.05) is 30.1 Å². The first kappa shape index (κ1) is 16.1. The lowest BCUT2D eigenvalue weighted by atomic mass is 10.1. The van der Waals surface area contributed by atoms with Crippen LogP contribution in [0.1, 0.15) is 28.9 Å². The average Bonchev–Trinajstić information content (AvgIpc) is 3.07. The lowest BCUT2D eigenvalue weighted by molar-refractivity contribution is 0.422. The Bertz CT molecular complexity index is 791. The summed E-state index contributed by atoms with van der Waals surface area (Å²) >= 11 is 1.78. The summed E-state index contributed by atoms with van der Waals surface area (Å²) in [6.07, 6.45) is 3.84. The van der Waals surface area contributed by atoms with E-state index in [9.17, 15) is 0 Å². The van der Waals surface area contributed by atoms with Gasteiger partial charge in [-0.25, -0.2) is 9.97 Å². The highest BCUT2D eigenvalue weighted by Gasteiger charge is 2.13. The third kappa shape index (κ3) is 3.59. The van der Waals surface area contributed by atoms with Gasteiger partial charge in [-0.1, -0.05) is 6.92 Å². The van der Waals surface area contributed by atoms with Crippen molar-refractivity contribution in [3.8, 4) is 0 Å². The van der Waals surface area contributed by atoms with Crippen molar-refractivity contribution in [2.75, 3.05) is 6.54 Å². The number of hydrogen-bond donors (Lipinski definition) is 1. The molecular weight excluding hydrogens is 306 g/mol. The SMILES string of the molecule is Cc1nc(C)c2c(C)c(CNC[C@H](C)Cn3cccn3)sc2n1. The number of nitrogens with zero attached hydrogens (tertiary/aromatic N) is 4. The molecule has 0 amide bonds. The Morgan fingerprint density at radius 1 is 1.26 bits per heavy atom. The number of thiophene rings is 1. The standard InChI is InChI=1S/C17H23N5S/c1-11(10-22-7-5-6-19-22)8-18-9-15-12(2)16-13(3)20-14(4)21-17(16)23-15/h5-7,11,18H,8-10H2,1-4H3/t11-/m0/s1. The Labute approximate surface area is 140 Å². The monoisotopic (exact) mass is 329 g/mol. The second-order valence-electron chi connectivity index (χ2n) is 6.15. The summed E-state index contributed by atoms with van der Waals surface area (Å²) in [4.78, 5) is 11.5. The van der Waals surface area contributed by atoms with E-state index < -0.39 is 0 Å². The molecule has 1 atom stereocenters. The molecule has 122 valence electrons. The van der Waals surface area contributed by atoms with Gasteiger partial charge in [-0.15, -0.1) is 11.3 Å². The molecule has 0 spiro atoms. The van der Waals surface area contributed by atoms with E-state index in [4.69, 9.17) is 0 Å². The molecule has 0 aliphatic rings. The van der Waals surface area contributed by atoms with E-state index in [2.05, 4.69) is 41.2 Å². The molecule has 0 bridgehead atoms. The molecule has 3 aromatic rings. The Hall–Kier alpha value is -1.79. The van der Waals surface area contributed by atoms with E-state index in [1.165, 1.54) is 15.8 Å². The maximum Gasteiger partial charge on any atom is 0.127 e. The van der Waals surface area contributed by atoms with Crippen molar-refractivity contribution < 1.29 is 0 Å². The molecule has 0 aliphatic carbocycles. The molecular formula is C17H23N5S. The van der Waals surface area contributed by atoms with Crippen LogP contribution in [0.3, 0.4) is 0 Å². The number of aryl methyl sites for hydroxylation is 3. The van der Waals surface area contributed by atoms with Crippen molar-refractivity contribution >= 4 is 21.6 Å². The highest BCUT2D eigenvalue weighted by atomic mass is 32.1. The first-order valence-electron chi connectivity index (χ1n) is 7.96. The molecule has 0 saturated heterocycles. The number of nitrogens with one attached hydrogen (secondary N) is 1. The minimum Gasteiger partial charge on any atom is -0.312 e. The van der Waals surface area contributed by atoms with Crippen LogP contribution in [0.5, 0.6) is 0 Å². The van der Waals surface area contributed by atoms with Gasteiger partial charge in [0.25, 0.3) is 0 Å². The normalized spacial score (nSPS) is 12.9. The highest BCUT2D eigenvalue weighted by Crippen LogP contribution is 2.31. The molecule has 0 radical (unpaired) electrons. The van der Waals surface area contributed by atoms with Gasteiger partial charge in [-0.05, 0) is 44.9 Å². The fourth-order valence-corrected chi connectivity index (χ4v) is 4.16. The van der Waals surface area contributed by atoms with Crippen molar-refractivity contribution in [1.82, 2.24) is 25.1 Å². The Morgan fingerprint density at radius 2 is 2.09 bits per heavy atom. The first-order valence-corrected chi connectivity index (χ1v) is 8.77. The van der Waals surface area contributed by atoms with Crippen molar-refractivity contribution in [3.63, 3.8) is 0 Å². The number of rotatable bonds is 6. The molecule has 0 fully saturated rings. The highest BCUT2D eigenvalue weighted by molar-refractivity contribution is 7.18. The van der Waals surface area contributed by atoms with E-state index in [-0.39, 0.29) is 0 Å². The topological polar surface area (TPSA) is 55.6 Å². The molecule has 3 aromatic heterocycles. The molecule has 0 unspecified atom stereocenters. The second-order valence-corrected chi connectivity index (χ2v) is 7.23. The summed E-state index contributed by atoms with van der Waals surface area (Å²) < 4.78 is 1.98. The maximum absolute atomic E-state index is 4.58. The quantitative estimate of drug-likeness (QED) is 0.754. The van der Waals surface area contributed by atoms with Crippen LogP contribution in [0.4, 0.5) is 0 Å². The van der Waals surface area contributed by atoms with E-state index in [0.717, 1.165) is 36.0 Å². The van der Waals surface area contributed by atoms with Gasteiger partial charge in [0, 0.05) is 41.4 Å². The van der Waals surface area contributed by atoms with Crippen LogP contribution in [0, 0.1) is 26.7 Å². The van der Waals surface area contributed by atoms with Gasteiger partial charge in [-0.3, -0.25) is 4.68 Å². The lowest BCUT2D eigenvalue weighted by Crippen LogP contribution is -2.23. The molecule has 5 nitrogen and oxygen atoms in total. The molecule has 23 heavy (non-hydrogen) atoms. The van der Waals surface area contributed by atoms with E-state index >= 15 is 0 Å². The Morgan fingerprint density at radius 3 is 2.83 bits per heavy atom. The third-order valence-corrected chi connectivity index (χ3v) is 5.20.